The maximum Gasteiger partial charge on any atom is 0.217 e. The molecule has 0 amide bonds. The van der Waals surface area contributed by atoms with Crippen molar-refractivity contribution in [3.8, 4) is 0 Å². The van der Waals surface area contributed by atoms with Gasteiger partial charge in [-0.15, -0.1) is 11.6 Å². The summed E-state index contributed by atoms with van der Waals surface area (Å²) in [5, 5.41) is 2.97. The van der Waals surface area contributed by atoms with Gasteiger partial charge in [0.15, 0.2) is 0 Å². The van der Waals surface area contributed by atoms with Gasteiger partial charge in [-0.2, -0.15) is 0 Å². The van der Waals surface area contributed by atoms with Gasteiger partial charge < -0.3 is 5.32 Å². The van der Waals surface area contributed by atoms with Crippen molar-refractivity contribution in [3.05, 3.63) is 0 Å². The number of hydrogen-bond donors (Lipinski definition) is 1. The quantitative estimate of drug-likeness (QED) is 0.561. The average Bonchev–Trinajstić information content (AvgIpc) is 1.95. The van der Waals surface area contributed by atoms with Crippen LogP contribution in [0.5, 0.6) is 0 Å². The van der Waals surface area contributed by atoms with Crippen molar-refractivity contribution in [3.63, 3.8) is 0 Å². The summed E-state index contributed by atoms with van der Waals surface area (Å²) in [4.78, 5) is 8.06. The van der Waals surface area contributed by atoms with Crippen LogP contribution in [-0.2, 0) is 0 Å². The minimum atomic E-state index is -0.0255. The van der Waals surface area contributed by atoms with Gasteiger partial charge in [0.05, 0.1) is 11.9 Å². The second kappa shape index (κ2) is 3.56. The molecular formula is C6H10ClN3. The van der Waals surface area contributed by atoms with Gasteiger partial charge in [0, 0.05) is 12.8 Å². The summed E-state index contributed by atoms with van der Waals surface area (Å²) in [5.41, 5.74) is 0. The number of rotatable bonds is 1. The lowest BCUT2D eigenvalue weighted by Crippen LogP contribution is -2.26. The van der Waals surface area contributed by atoms with Crippen LogP contribution in [0.3, 0.4) is 0 Å². The number of halogens is 1. The lowest BCUT2D eigenvalue weighted by atomic mass is 10.4. The van der Waals surface area contributed by atoms with Crippen LogP contribution in [0.25, 0.3) is 0 Å². The molecule has 1 aliphatic rings. The molecule has 0 saturated carbocycles. The van der Waals surface area contributed by atoms with Crippen molar-refractivity contribution >= 4 is 23.8 Å². The smallest absolute Gasteiger partial charge is 0.217 e. The van der Waals surface area contributed by atoms with Crippen LogP contribution in [-0.4, -0.2) is 30.6 Å². The van der Waals surface area contributed by atoms with E-state index in [0.29, 0.717) is 12.5 Å². The fraction of sp³-hybridized carbons (Fsp3) is 0.667. The van der Waals surface area contributed by atoms with Gasteiger partial charge in [-0.1, -0.05) is 0 Å². The predicted octanol–water partition coefficient (Wildman–Crippen LogP) is 0.644. The summed E-state index contributed by atoms with van der Waals surface area (Å²) < 4.78 is 0. The molecule has 0 fully saturated rings. The standard InChI is InChI=1S/C6H10ClN3/c1-2-8-6-9-3-5(7)4-10-6/h3,5H,2,4H2,1H3,(H,8,10). The van der Waals surface area contributed by atoms with Crippen LogP contribution in [0.4, 0.5) is 0 Å². The van der Waals surface area contributed by atoms with Gasteiger partial charge in [-0.3, -0.25) is 0 Å². The SMILES string of the molecule is CCNC1=NCC(Cl)C=N1. The number of guanidine groups is 1. The molecular weight excluding hydrogens is 150 g/mol. The molecule has 0 spiro atoms. The molecule has 1 aliphatic heterocycles. The molecule has 0 aliphatic carbocycles. The Morgan fingerprint density at radius 3 is 3.20 bits per heavy atom. The number of hydrogen-bond acceptors (Lipinski definition) is 3. The molecule has 1 rings (SSSR count). The molecule has 0 aromatic carbocycles. The first kappa shape index (κ1) is 7.54. The Kier molecular flexibility index (Phi) is 2.68. The molecule has 56 valence electrons. The second-order valence-corrected chi connectivity index (χ2v) is 2.55. The maximum absolute atomic E-state index is 5.70. The summed E-state index contributed by atoms with van der Waals surface area (Å²) in [6.45, 7) is 3.49. The third-order valence-corrected chi connectivity index (χ3v) is 1.36. The van der Waals surface area contributed by atoms with Gasteiger partial charge in [0.25, 0.3) is 0 Å². The first-order valence-electron chi connectivity index (χ1n) is 3.29. The topological polar surface area (TPSA) is 36.8 Å². The highest BCUT2D eigenvalue weighted by Crippen LogP contribution is 1.98. The van der Waals surface area contributed by atoms with Crippen LogP contribution in [0.15, 0.2) is 9.98 Å². The fourth-order valence-corrected chi connectivity index (χ4v) is 0.798. The third-order valence-electron chi connectivity index (χ3n) is 1.11. The Morgan fingerprint density at radius 1 is 1.90 bits per heavy atom. The van der Waals surface area contributed by atoms with E-state index in [1.807, 2.05) is 6.92 Å². The van der Waals surface area contributed by atoms with Gasteiger partial charge >= 0.3 is 0 Å². The molecule has 0 aromatic heterocycles. The first-order chi connectivity index (χ1) is 4.83. The zero-order chi connectivity index (χ0) is 7.40. The van der Waals surface area contributed by atoms with E-state index in [1.54, 1.807) is 6.21 Å². The van der Waals surface area contributed by atoms with Gasteiger partial charge in [0.2, 0.25) is 5.96 Å². The molecule has 3 nitrogen and oxygen atoms in total. The molecule has 10 heavy (non-hydrogen) atoms. The minimum absolute atomic E-state index is 0.0255. The Labute approximate surface area is 65.2 Å². The highest BCUT2D eigenvalue weighted by atomic mass is 35.5. The number of aliphatic imine (C=N–C) groups is 2. The minimum Gasteiger partial charge on any atom is -0.355 e. The summed E-state index contributed by atoms with van der Waals surface area (Å²) >= 11 is 5.70. The summed E-state index contributed by atoms with van der Waals surface area (Å²) in [6.07, 6.45) is 1.70. The predicted molar refractivity (Wildman–Crippen MR) is 44.1 cm³/mol. The van der Waals surface area contributed by atoms with E-state index in [4.69, 9.17) is 11.6 Å². The van der Waals surface area contributed by atoms with Crippen molar-refractivity contribution in [2.75, 3.05) is 13.1 Å². The van der Waals surface area contributed by atoms with E-state index in [1.165, 1.54) is 0 Å². The molecule has 1 heterocycles. The largest absolute Gasteiger partial charge is 0.355 e. The van der Waals surface area contributed by atoms with Crippen LogP contribution < -0.4 is 5.32 Å². The Morgan fingerprint density at radius 2 is 2.70 bits per heavy atom. The third kappa shape index (κ3) is 1.99. The molecule has 0 bridgehead atoms. The van der Waals surface area contributed by atoms with E-state index < -0.39 is 0 Å². The zero-order valence-corrected chi connectivity index (χ0v) is 6.60. The first-order valence-corrected chi connectivity index (χ1v) is 3.73. The fourth-order valence-electron chi connectivity index (χ4n) is 0.673. The Hall–Kier alpha value is -0.570. The summed E-state index contributed by atoms with van der Waals surface area (Å²) in [6, 6.07) is 0. The van der Waals surface area contributed by atoms with Crippen LogP contribution >= 0.6 is 11.6 Å². The molecule has 1 atom stereocenters. The Bertz CT molecular complexity index is 164. The van der Waals surface area contributed by atoms with Crippen molar-refractivity contribution in [2.24, 2.45) is 9.98 Å². The van der Waals surface area contributed by atoms with Crippen LogP contribution in [0.2, 0.25) is 0 Å². The summed E-state index contributed by atoms with van der Waals surface area (Å²) in [5.74, 6) is 0.694. The zero-order valence-electron chi connectivity index (χ0n) is 5.84. The average molecular weight is 160 g/mol. The normalized spacial score (nSPS) is 24.2. The lowest BCUT2D eigenvalue weighted by molar-refractivity contribution is 0.915. The Balaban J connectivity index is 2.42. The molecule has 0 aromatic rings. The molecule has 0 saturated heterocycles. The van der Waals surface area contributed by atoms with Gasteiger partial charge in [-0.25, -0.2) is 9.98 Å². The molecule has 4 heteroatoms. The number of nitrogens with zero attached hydrogens (tertiary/aromatic N) is 2. The molecule has 1 N–H and O–H groups in total. The highest BCUT2D eigenvalue weighted by molar-refractivity contribution is 6.29. The van der Waals surface area contributed by atoms with E-state index >= 15 is 0 Å². The number of alkyl halides is 1. The van der Waals surface area contributed by atoms with E-state index in [-0.39, 0.29) is 5.38 Å². The summed E-state index contributed by atoms with van der Waals surface area (Å²) in [7, 11) is 0. The second-order valence-electron chi connectivity index (χ2n) is 1.99. The van der Waals surface area contributed by atoms with Gasteiger partial charge in [0.1, 0.15) is 0 Å². The highest BCUT2D eigenvalue weighted by Gasteiger charge is 2.05. The molecule has 1 unspecified atom stereocenters. The van der Waals surface area contributed by atoms with Crippen LogP contribution in [0, 0.1) is 0 Å². The number of nitrogens with one attached hydrogen (secondary N) is 1. The maximum atomic E-state index is 5.70. The van der Waals surface area contributed by atoms with Gasteiger partial charge in [-0.05, 0) is 6.92 Å². The van der Waals surface area contributed by atoms with E-state index in [9.17, 15) is 0 Å². The lowest BCUT2D eigenvalue weighted by Gasteiger charge is -2.08. The van der Waals surface area contributed by atoms with Crippen molar-refractivity contribution in [1.29, 1.82) is 0 Å². The monoisotopic (exact) mass is 159 g/mol. The van der Waals surface area contributed by atoms with Crippen molar-refractivity contribution in [1.82, 2.24) is 5.32 Å². The van der Waals surface area contributed by atoms with Crippen molar-refractivity contribution in [2.45, 2.75) is 12.3 Å². The van der Waals surface area contributed by atoms with E-state index in [0.717, 1.165) is 6.54 Å². The molecule has 0 radical (unpaired) electrons. The van der Waals surface area contributed by atoms with Crippen molar-refractivity contribution < 1.29 is 0 Å². The van der Waals surface area contributed by atoms with E-state index in [2.05, 4.69) is 15.3 Å². The van der Waals surface area contributed by atoms with Crippen LogP contribution in [0.1, 0.15) is 6.92 Å².